The molecule has 0 unspecified atom stereocenters. The quantitative estimate of drug-likeness (QED) is 0.562. The molecule has 0 radical (unpaired) electrons. The van der Waals surface area contributed by atoms with E-state index in [2.05, 4.69) is 15.3 Å². The Morgan fingerprint density at radius 1 is 1.17 bits per heavy atom. The van der Waals surface area contributed by atoms with E-state index in [0.29, 0.717) is 10.6 Å². The number of H-pyrrole nitrogens is 1. The molecule has 0 atom stereocenters. The lowest BCUT2D eigenvalue weighted by molar-refractivity contribution is 0.415. The van der Waals surface area contributed by atoms with E-state index in [1.165, 1.54) is 0 Å². The number of hydrogen-bond acceptors (Lipinski definition) is 4. The molecule has 1 heterocycles. The van der Waals surface area contributed by atoms with Crippen molar-refractivity contribution in [2.75, 3.05) is 7.11 Å². The van der Waals surface area contributed by atoms with Crippen molar-refractivity contribution in [1.29, 1.82) is 0 Å². The molecule has 1 N–H and O–H groups in total. The molecule has 0 aliphatic heterocycles. The molecule has 0 spiro atoms. The highest BCUT2D eigenvalue weighted by Gasteiger charge is 2.08. The zero-order chi connectivity index (χ0) is 16.8. The Morgan fingerprint density at radius 3 is 2.79 bits per heavy atom. The van der Waals surface area contributed by atoms with E-state index in [4.69, 9.17) is 17.0 Å². The zero-order valence-electron chi connectivity index (χ0n) is 13.1. The molecule has 0 aliphatic carbocycles. The van der Waals surface area contributed by atoms with Crippen LogP contribution >= 0.6 is 12.2 Å². The number of ether oxygens (including phenoxy) is 1. The Labute approximate surface area is 144 Å². The van der Waals surface area contributed by atoms with E-state index in [-0.39, 0.29) is 0 Å². The van der Waals surface area contributed by atoms with Crippen molar-refractivity contribution in [2.24, 2.45) is 5.10 Å². The van der Waals surface area contributed by atoms with E-state index in [1.807, 2.05) is 66.7 Å². The lowest BCUT2D eigenvalue weighted by Crippen LogP contribution is -1.94. The number of aromatic amines is 1. The van der Waals surface area contributed by atoms with Crippen LogP contribution in [0.2, 0.25) is 0 Å². The summed E-state index contributed by atoms with van der Waals surface area (Å²) in [5.41, 5.74) is 1.97. The highest BCUT2D eigenvalue weighted by Crippen LogP contribution is 2.22. The van der Waals surface area contributed by atoms with Gasteiger partial charge in [0.2, 0.25) is 4.77 Å². The lowest BCUT2D eigenvalue weighted by Gasteiger charge is -2.03. The summed E-state index contributed by atoms with van der Waals surface area (Å²) >= 11 is 5.25. The van der Waals surface area contributed by atoms with E-state index in [0.717, 1.165) is 16.9 Å². The molecule has 1 aromatic heterocycles. The van der Waals surface area contributed by atoms with Gasteiger partial charge in [-0.25, -0.2) is 5.10 Å². The summed E-state index contributed by atoms with van der Waals surface area (Å²) in [7, 11) is 1.63. The number of aromatic nitrogens is 3. The van der Waals surface area contributed by atoms with E-state index < -0.39 is 0 Å². The van der Waals surface area contributed by atoms with Crippen molar-refractivity contribution in [1.82, 2.24) is 14.9 Å². The van der Waals surface area contributed by atoms with Crippen molar-refractivity contribution < 1.29 is 4.74 Å². The van der Waals surface area contributed by atoms with Crippen LogP contribution in [-0.4, -0.2) is 28.2 Å². The molecule has 0 saturated heterocycles. The minimum absolute atomic E-state index is 0.428. The smallest absolute Gasteiger partial charge is 0.216 e. The van der Waals surface area contributed by atoms with Crippen LogP contribution in [0.1, 0.15) is 5.56 Å². The van der Waals surface area contributed by atoms with Crippen molar-refractivity contribution in [3.63, 3.8) is 0 Å². The van der Waals surface area contributed by atoms with Gasteiger partial charge >= 0.3 is 0 Å². The van der Waals surface area contributed by atoms with Gasteiger partial charge in [0.15, 0.2) is 5.82 Å². The van der Waals surface area contributed by atoms with Gasteiger partial charge in [-0.15, -0.1) is 0 Å². The average Bonchev–Trinajstić information content (AvgIpc) is 3.00. The second kappa shape index (κ2) is 7.52. The number of rotatable bonds is 5. The van der Waals surface area contributed by atoms with E-state index >= 15 is 0 Å². The van der Waals surface area contributed by atoms with Gasteiger partial charge in [0.1, 0.15) is 5.75 Å². The highest BCUT2D eigenvalue weighted by atomic mass is 32.1. The number of nitrogens with one attached hydrogen (secondary N) is 1. The minimum atomic E-state index is 0.428. The van der Waals surface area contributed by atoms with Crippen LogP contribution in [0.5, 0.6) is 5.75 Å². The first kappa shape index (κ1) is 15.9. The summed E-state index contributed by atoms with van der Waals surface area (Å²) in [5.74, 6) is 1.38. The fourth-order valence-corrected chi connectivity index (χ4v) is 2.35. The van der Waals surface area contributed by atoms with Crippen LogP contribution < -0.4 is 4.74 Å². The molecule has 5 nitrogen and oxygen atoms in total. The largest absolute Gasteiger partial charge is 0.497 e. The van der Waals surface area contributed by atoms with Gasteiger partial charge in [-0.1, -0.05) is 48.5 Å². The molecular formula is C18H16N4OS. The van der Waals surface area contributed by atoms with E-state index in [1.54, 1.807) is 18.0 Å². The van der Waals surface area contributed by atoms with Crippen LogP contribution in [-0.2, 0) is 0 Å². The molecule has 0 fully saturated rings. The molecule has 3 rings (SSSR count). The van der Waals surface area contributed by atoms with Gasteiger partial charge in [-0.3, -0.25) is 0 Å². The van der Waals surface area contributed by atoms with Crippen LogP contribution in [0.3, 0.4) is 0 Å². The third-order valence-corrected chi connectivity index (χ3v) is 3.60. The molecule has 120 valence electrons. The Morgan fingerprint density at radius 2 is 2.00 bits per heavy atom. The van der Waals surface area contributed by atoms with Crippen LogP contribution in [0, 0.1) is 4.77 Å². The van der Waals surface area contributed by atoms with Crippen molar-refractivity contribution in [3.05, 3.63) is 71.0 Å². The van der Waals surface area contributed by atoms with Crippen molar-refractivity contribution in [2.45, 2.75) is 0 Å². The highest BCUT2D eigenvalue weighted by molar-refractivity contribution is 7.71. The lowest BCUT2D eigenvalue weighted by atomic mass is 10.2. The molecule has 3 aromatic rings. The predicted molar refractivity (Wildman–Crippen MR) is 98.8 cm³/mol. The van der Waals surface area contributed by atoms with Gasteiger partial charge in [-0.2, -0.15) is 14.9 Å². The maximum absolute atomic E-state index is 5.25. The van der Waals surface area contributed by atoms with Crippen LogP contribution in [0.25, 0.3) is 17.5 Å². The second-order valence-electron chi connectivity index (χ2n) is 4.93. The van der Waals surface area contributed by atoms with Gasteiger partial charge < -0.3 is 4.74 Å². The molecule has 0 amide bonds. The monoisotopic (exact) mass is 336 g/mol. The zero-order valence-corrected chi connectivity index (χ0v) is 13.9. The third-order valence-electron chi connectivity index (χ3n) is 3.33. The topological polar surface area (TPSA) is 55.2 Å². The Balaban J connectivity index is 1.86. The number of benzene rings is 2. The van der Waals surface area contributed by atoms with E-state index in [9.17, 15) is 0 Å². The van der Waals surface area contributed by atoms with Gasteiger partial charge in [-0.05, 0) is 36.0 Å². The minimum Gasteiger partial charge on any atom is -0.497 e. The summed E-state index contributed by atoms with van der Waals surface area (Å²) in [5, 5.41) is 11.4. The van der Waals surface area contributed by atoms with Crippen molar-refractivity contribution in [3.8, 4) is 17.1 Å². The fraction of sp³-hybridized carbons (Fsp3) is 0.0556. The number of methoxy groups -OCH3 is 1. The third kappa shape index (κ3) is 3.67. The Hall–Kier alpha value is -2.99. The maximum atomic E-state index is 5.25. The molecule has 24 heavy (non-hydrogen) atoms. The second-order valence-corrected chi connectivity index (χ2v) is 5.32. The van der Waals surface area contributed by atoms with Gasteiger partial charge in [0.25, 0.3) is 0 Å². The molecule has 6 heteroatoms. The van der Waals surface area contributed by atoms with Crippen molar-refractivity contribution >= 4 is 24.5 Å². The summed E-state index contributed by atoms with van der Waals surface area (Å²) < 4.78 is 7.26. The SMILES string of the molecule is COc1cccc(-c2n[nH]c(=S)n2N=CC=Cc2ccccc2)c1. The van der Waals surface area contributed by atoms with Gasteiger partial charge in [0.05, 0.1) is 7.11 Å². The number of hydrogen-bond donors (Lipinski definition) is 1. The summed E-state index contributed by atoms with van der Waals surface area (Å²) in [6.45, 7) is 0. The first-order chi connectivity index (χ1) is 11.8. The first-order valence-corrected chi connectivity index (χ1v) is 7.76. The first-order valence-electron chi connectivity index (χ1n) is 7.36. The number of nitrogens with zero attached hydrogens (tertiary/aromatic N) is 3. The average molecular weight is 336 g/mol. The van der Waals surface area contributed by atoms with Crippen LogP contribution in [0.4, 0.5) is 0 Å². The molecule has 2 aromatic carbocycles. The Bertz CT molecular complexity index is 925. The fourth-order valence-electron chi connectivity index (χ4n) is 2.17. The molecule has 0 aliphatic rings. The molecule has 0 bridgehead atoms. The standard InChI is InChI=1S/C18H16N4OS/c1-23-16-11-5-10-15(13-16)17-20-21-18(24)22(17)19-12-6-9-14-7-3-2-4-8-14/h2-13H,1H3,(H,21,24). The Kier molecular flexibility index (Phi) is 4.98. The molecule has 0 saturated carbocycles. The maximum Gasteiger partial charge on any atom is 0.216 e. The predicted octanol–water partition coefficient (Wildman–Crippen LogP) is 4.16. The summed E-state index contributed by atoms with van der Waals surface area (Å²) in [4.78, 5) is 0. The molecular weight excluding hydrogens is 320 g/mol. The summed E-state index contributed by atoms with van der Waals surface area (Å²) in [6.07, 6.45) is 5.51. The van der Waals surface area contributed by atoms with Crippen LogP contribution in [0.15, 0.2) is 65.8 Å². The van der Waals surface area contributed by atoms with Gasteiger partial charge in [0, 0.05) is 11.8 Å². The summed E-state index contributed by atoms with van der Waals surface area (Å²) in [6, 6.07) is 17.6. The number of allylic oxidation sites excluding steroid dienone is 1. The normalized spacial score (nSPS) is 11.4.